The molecule has 1 N–H and O–H groups in total. The number of amidine groups is 1. The van der Waals surface area contributed by atoms with E-state index in [0.29, 0.717) is 67.1 Å². The van der Waals surface area contributed by atoms with Crippen LogP contribution in [0.3, 0.4) is 0 Å². The van der Waals surface area contributed by atoms with Crippen LogP contribution >= 0.6 is 0 Å². The standard InChI is InChI=1S/C34H37FN6O4/c1-19(2)28-10-11-29(38-37-28)26-9-8-25(15-27(26)35)44-30-13-21(4-5-22(30)17-40-16-20(3)12-31(40)42)33-36-34(45-39-33)23-14-32(43)41(18-23)24-6-7-24/h4-5,8-11,13,15,19-20,23-24,34H,6-7,12,14,16-18H2,1-3H3,(H,36,39)/t20-,23?,34?/m0/s1. The first kappa shape index (κ1) is 29.3. The molecule has 2 saturated heterocycles. The van der Waals surface area contributed by atoms with E-state index in [0.717, 1.165) is 29.7 Å². The number of benzene rings is 2. The minimum atomic E-state index is -0.482. The number of hydrogen-bond donors (Lipinski definition) is 1. The van der Waals surface area contributed by atoms with E-state index in [1.54, 1.807) is 18.2 Å². The van der Waals surface area contributed by atoms with Gasteiger partial charge in [0.25, 0.3) is 0 Å². The van der Waals surface area contributed by atoms with Crippen molar-refractivity contribution in [3.8, 4) is 22.8 Å². The summed E-state index contributed by atoms with van der Waals surface area (Å²) in [5.74, 6) is 1.59. The van der Waals surface area contributed by atoms with E-state index in [-0.39, 0.29) is 29.6 Å². The van der Waals surface area contributed by atoms with Crippen LogP contribution in [0.15, 0.2) is 53.5 Å². The van der Waals surface area contributed by atoms with Gasteiger partial charge in [-0.1, -0.05) is 32.9 Å². The van der Waals surface area contributed by atoms with Gasteiger partial charge in [-0.15, -0.1) is 0 Å². The number of likely N-dealkylation sites (tertiary alicyclic amines) is 2. The van der Waals surface area contributed by atoms with Crippen LogP contribution in [0.25, 0.3) is 11.3 Å². The smallest absolute Gasteiger partial charge is 0.223 e. The van der Waals surface area contributed by atoms with Crippen molar-refractivity contribution < 1.29 is 23.6 Å². The third-order valence-corrected chi connectivity index (χ3v) is 8.94. The highest BCUT2D eigenvalue weighted by atomic mass is 19.1. The van der Waals surface area contributed by atoms with Crippen molar-refractivity contribution in [1.82, 2.24) is 25.5 Å². The molecule has 1 aliphatic carbocycles. The van der Waals surface area contributed by atoms with Gasteiger partial charge in [0.1, 0.15) is 17.3 Å². The van der Waals surface area contributed by atoms with Gasteiger partial charge in [-0.2, -0.15) is 10.2 Å². The molecule has 7 rings (SSSR count). The zero-order valence-electron chi connectivity index (χ0n) is 25.7. The van der Waals surface area contributed by atoms with Crippen molar-refractivity contribution in [2.24, 2.45) is 16.8 Å². The number of rotatable bonds is 9. The van der Waals surface area contributed by atoms with Gasteiger partial charge < -0.3 is 14.5 Å². The predicted molar refractivity (Wildman–Crippen MR) is 165 cm³/mol. The van der Waals surface area contributed by atoms with Gasteiger partial charge in [0, 0.05) is 67.2 Å². The molecule has 234 valence electrons. The Labute approximate surface area is 261 Å². The Hall–Kier alpha value is -4.38. The number of nitrogens with one attached hydrogen (secondary N) is 1. The lowest BCUT2D eigenvalue weighted by atomic mass is 10.1. The van der Waals surface area contributed by atoms with Crippen LogP contribution < -0.4 is 10.2 Å². The molecule has 0 spiro atoms. The van der Waals surface area contributed by atoms with E-state index < -0.39 is 12.0 Å². The van der Waals surface area contributed by atoms with Crippen LogP contribution in [-0.4, -0.2) is 63.0 Å². The number of aromatic nitrogens is 2. The lowest BCUT2D eigenvalue weighted by Gasteiger charge is -2.19. The molecule has 1 saturated carbocycles. The van der Waals surface area contributed by atoms with Crippen LogP contribution in [0.2, 0.25) is 0 Å². The Bertz CT molecular complexity index is 1660. The molecule has 2 amide bonds. The van der Waals surface area contributed by atoms with Gasteiger partial charge in [-0.05, 0) is 55.0 Å². The third kappa shape index (κ3) is 6.13. The molecule has 2 aromatic carbocycles. The fourth-order valence-electron chi connectivity index (χ4n) is 6.27. The maximum Gasteiger partial charge on any atom is 0.223 e. The fourth-order valence-corrected chi connectivity index (χ4v) is 6.27. The second-order valence-corrected chi connectivity index (χ2v) is 13.0. The molecule has 3 aromatic rings. The summed E-state index contributed by atoms with van der Waals surface area (Å²) in [6, 6.07) is 14.3. The lowest BCUT2D eigenvalue weighted by molar-refractivity contribution is -0.129. The van der Waals surface area contributed by atoms with Crippen LogP contribution in [0.1, 0.15) is 69.2 Å². The molecule has 3 fully saturated rings. The summed E-state index contributed by atoms with van der Waals surface area (Å²) in [6.07, 6.45) is 2.60. The Morgan fingerprint density at radius 2 is 1.87 bits per heavy atom. The molecule has 1 aromatic heterocycles. The Morgan fingerprint density at radius 3 is 2.56 bits per heavy atom. The van der Waals surface area contributed by atoms with Gasteiger partial charge in [0.15, 0.2) is 12.1 Å². The van der Waals surface area contributed by atoms with Gasteiger partial charge in [0.05, 0.1) is 11.4 Å². The number of halogens is 1. The van der Waals surface area contributed by atoms with Crippen LogP contribution in [0.5, 0.6) is 11.5 Å². The number of ether oxygens (including phenoxy) is 1. The van der Waals surface area contributed by atoms with Crippen molar-refractivity contribution in [2.75, 3.05) is 13.1 Å². The fraction of sp³-hybridized carbons (Fsp3) is 0.441. The number of carbonyl (C=O) groups is 2. The molecular weight excluding hydrogens is 575 g/mol. The molecule has 4 heterocycles. The SMILES string of the molecule is CC(C)c1ccc(-c2ccc(Oc3cc(C4=NC(C5CC(=O)N(C6CC6)C5)ON4)ccc3CN3C[C@@H](C)CC3=O)cc2F)nn1. The first-order chi connectivity index (χ1) is 21.7. The van der Waals surface area contributed by atoms with E-state index in [9.17, 15) is 9.59 Å². The molecule has 11 heteroatoms. The molecule has 3 atom stereocenters. The van der Waals surface area contributed by atoms with Crippen molar-refractivity contribution in [3.05, 3.63) is 71.2 Å². The first-order valence-electron chi connectivity index (χ1n) is 15.7. The maximum absolute atomic E-state index is 15.4. The van der Waals surface area contributed by atoms with E-state index in [1.807, 2.05) is 47.9 Å². The highest BCUT2D eigenvalue weighted by Gasteiger charge is 2.43. The average molecular weight is 613 g/mol. The Balaban J connectivity index is 1.14. The zero-order valence-corrected chi connectivity index (χ0v) is 25.7. The van der Waals surface area contributed by atoms with Gasteiger partial charge in [0.2, 0.25) is 11.8 Å². The highest BCUT2D eigenvalue weighted by Crippen LogP contribution is 2.36. The highest BCUT2D eigenvalue weighted by molar-refractivity contribution is 5.99. The Morgan fingerprint density at radius 1 is 1.02 bits per heavy atom. The number of amides is 2. The van der Waals surface area contributed by atoms with Gasteiger partial charge in [-0.25, -0.2) is 19.7 Å². The zero-order chi connectivity index (χ0) is 31.2. The summed E-state index contributed by atoms with van der Waals surface area (Å²) in [6.45, 7) is 7.81. The summed E-state index contributed by atoms with van der Waals surface area (Å²) in [5.41, 5.74) is 6.06. The minimum Gasteiger partial charge on any atom is -0.457 e. The summed E-state index contributed by atoms with van der Waals surface area (Å²) >= 11 is 0. The van der Waals surface area contributed by atoms with Crippen molar-refractivity contribution in [1.29, 1.82) is 0 Å². The molecule has 2 unspecified atom stereocenters. The quantitative estimate of drug-likeness (QED) is 0.355. The van der Waals surface area contributed by atoms with Gasteiger partial charge >= 0.3 is 0 Å². The minimum absolute atomic E-state index is 0.0194. The normalized spacial score (nSPS) is 23.2. The molecule has 3 aliphatic heterocycles. The van der Waals surface area contributed by atoms with Crippen molar-refractivity contribution in [2.45, 2.75) is 71.2 Å². The maximum atomic E-state index is 15.4. The Kier molecular flexibility index (Phi) is 7.72. The lowest BCUT2D eigenvalue weighted by Crippen LogP contribution is -2.29. The molecule has 4 aliphatic rings. The number of hydrogen-bond acceptors (Lipinski definition) is 8. The number of carbonyl (C=O) groups excluding carboxylic acids is 2. The van der Waals surface area contributed by atoms with Crippen LogP contribution in [0, 0.1) is 17.7 Å². The van der Waals surface area contributed by atoms with E-state index in [2.05, 4.69) is 22.6 Å². The van der Waals surface area contributed by atoms with E-state index in [1.165, 1.54) is 6.07 Å². The summed E-state index contributed by atoms with van der Waals surface area (Å²) in [7, 11) is 0. The third-order valence-electron chi connectivity index (χ3n) is 8.94. The molecule has 0 radical (unpaired) electrons. The van der Waals surface area contributed by atoms with Crippen LogP contribution in [-0.2, 0) is 21.0 Å². The number of aliphatic imine (C=N–C) groups is 1. The summed E-state index contributed by atoms with van der Waals surface area (Å²) in [4.78, 5) is 39.5. The monoisotopic (exact) mass is 612 g/mol. The largest absolute Gasteiger partial charge is 0.457 e. The van der Waals surface area contributed by atoms with Crippen molar-refractivity contribution in [3.63, 3.8) is 0 Å². The second kappa shape index (κ2) is 11.8. The average Bonchev–Trinajstić information content (AvgIpc) is 3.45. The van der Waals surface area contributed by atoms with E-state index >= 15 is 4.39 Å². The second-order valence-electron chi connectivity index (χ2n) is 13.0. The van der Waals surface area contributed by atoms with Crippen molar-refractivity contribution >= 4 is 17.6 Å². The molecule has 10 nitrogen and oxygen atoms in total. The predicted octanol–water partition coefficient (Wildman–Crippen LogP) is 5.19. The van der Waals surface area contributed by atoms with Gasteiger partial charge in [-0.3, -0.25) is 9.59 Å². The first-order valence-corrected chi connectivity index (χ1v) is 15.7. The van der Waals surface area contributed by atoms with Crippen LogP contribution in [0.4, 0.5) is 4.39 Å². The molecular formula is C34H37FN6O4. The molecule has 45 heavy (non-hydrogen) atoms. The topological polar surface area (TPSA) is 109 Å². The summed E-state index contributed by atoms with van der Waals surface area (Å²) < 4.78 is 21.7. The number of hydroxylamine groups is 1. The summed E-state index contributed by atoms with van der Waals surface area (Å²) in [5, 5.41) is 8.44. The van der Waals surface area contributed by atoms with E-state index in [4.69, 9.17) is 14.6 Å². The molecule has 0 bridgehead atoms. The number of nitrogens with zero attached hydrogens (tertiary/aromatic N) is 5.